The average molecular weight is 336 g/mol. The van der Waals surface area contributed by atoms with Crippen molar-refractivity contribution < 1.29 is 9.59 Å². The summed E-state index contributed by atoms with van der Waals surface area (Å²) >= 11 is 1.66. The number of nitrogens with zero attached hydrogens (tertiary/aromatic N) is 1. The molecule has 5 nitrogen and oxygen atoms in total. The third-order valence-corrected chi connectivity index (χ3v) is 5.27. The Labute approximate surface area is 137 Å². The molecule has 2 aliphatic rings. The minimum Gasteiger partial charge on any atom is -0.351 e. The summed E-state index contributed by atoms with van der Waals surface area (Å²) in [5.41, 5.74) is 5.75. The van der Waals surface area contributed by atoms with Gasteiger partial charge in [0.1, 0.15) is 6.04 Å². The van der Waals surface area contributed by atoms with Crippen LogP contribution in [0.4, 0.5) is 0 Å². The van der Waals surface area contributed by atoms with Gasteiger partial charge in [-0.1, -0.05) is 13.3 Å². The van der Waals surface area contributed by atoms with E-state index in [1.807, 2.05) is 6.92 Å². The van der Waals surface area contributed by atoms with Crippen LogP contribution in [-0.2, 0) is 9.59 Å². The maximum atomic E-state index is 12.4. The Morgan fingerprint density at radius 3 is 2.81 bits per heavy atom. The molecule has 1 saturated carbocycles. The zero-order chi connectivity index (χ0) is 14.5. The topological polar surface area (TPSA) is 75.4 Å². The third-order valence-electron chi connectivity index (χ3n) is 4.26. The van der Waals surface area contributed by atoms with Crippen LogP contribution >= 0.6 is 24.2 Å². The van der Waals surface area contributed by atoms with Crippen molar-refractivity contribution >= 4 is 36.0 Å². The molecule has 122 valence electrons. The Morgan fingerprint density at radius 2 is 2.14 bits per heavy atom. The first kappa shape index (κ1) is 18.6. The van der Waals surface area contributed by atoms with Crippen molar-refractivity contribution in [3.05, 3.63) is 0 Å². The van der Waals surface area contributed by atoms with E-state index in [2.05, 4.69) is 5.32 Å². The highest BCUT2D eigenvalue weighted by molar-refractivity contribution is 7.99. The predicted octanol–water partition coefficient (Wildman–Crippen LogP) is 1.35. The maximum Gasteiger partial charge on any atom is 0.243 e. The number of hydrogen-bond acceptors (Lipinski definition) is 4. The predicted molar refractivity (Wildman–Crippen MR) is 88.4 cm³/mol. The summed E-state index contributed by atoms with van der Waals surface area (Å²) < 4.78 is 0. The molecule has 7 heteroatoms. The van der Waals surface area contributed by atoms with Crippen LogP contribution in [0.2, 0.25) is 0 Å². The Hall–Kier alpha value is -0.460. The highest BCUT2D eigenvalue weighted by Gasteiger charge is 2.36. The smallest absolute Gasteiger partial charge is 0.243 e. The highest BCUT2D eigenvalue weighted by atomic mass is 35.5. The molecule has 0 bridgehead atoms. The second kappa shape index (κ2) is 8.86. The number of nitrogens with two attached hydrogens (primary N) is 1. The van der Waals surface area contributed by atoms with E-state index in [1.165, 1.54) is 0 Å². The molecule has 3 N–H and O–H groups in total. The monoisotopic (exact) mass is 335 g/mol. The van der Waals surface area contributed by atoms with E-state index in [0.29, 0.717) is 30.5 Å². The van der Waals surface area contributed by atoms with Gasteiger partial charge >= 0.3 is 0 Å². The quantitative estimate of drug-likeness (QED) is 0.795. The molecule has 1 saturated heterocycles. The van der Waals surface area contributed by atoms with Gasteiger partial charge in [-0.15, -0.1) is 24.2 Å². The molecule has 2 fully saturated rings. The van der Waals surface area contributed by atoms with Crippen molar-refractivity contribution in [3.63, 3.8) is 0 Å². The Morgan fingerprint density at radius 1 is 1.38 bits per heavy atom. The number of carbonyl (C=O) groups excluding carboxylic acids is 2. The summed E-state index contributed by atoms with van der Waals surface area (Å²) in [7, 11) is 0. The second-order valence-electron chi connectivity index (χ2n) is 5.67. The maximum absolute atomic E-state index is 12.4. The van der Waals surface area contributed by atoms with E-state index in [0.717, 1.165) is 25.7 Å². The normalized spacial score (nSPS) is 28.3. The summed E-state index contributed by atoms with van der Waals surface area (Å²) in [5.74, 6) is 1.85. The number of nitrogens with one attached hydrogen (secondary N) is 1. The van der Waals surface area contributed by atoms with Crippen molar-refractivity contribution in [1.82, 2.24) is 10.2 Å². The average Bonchev–Trinajstić information content (AvgIpc) is 3.07. The number of halogens is 1. The van der Waals surface area contributed by atoms with Crippen LogP contribution in [0.25, 0.3) is 0 Å². The number of thioether (sulfide) groups is 1. The van der Waals surface area contributed by atoms with E-state index >= 15 is 0 Å². The molecule has 1 aliphatic heterocycles. The van der Waals surface area contributed by atoms with Crippen molar-refractivity contribution in [3.8, 4) is 0 Å². The Bertz CT molecular complexity index is 370. The fraction of sp³-hybridized carbons (Fsp3) is 0.857. The second-order valence-corrected chi connectivity index (χ2v) is 6.67. The van der Waals surface area contributed by atoms with Crippen LogP contribution in [0.1, 0.15) is 39.0 Å². The van der Waals surface area contributed by atoms with Crippen molar-refractivity contribution in [2.75, 3.05) is 18.2 Å². The molecule has 2 rings (SSSR count). The van der Waals surface area contributed by atoms with Gasteiger partial charge in [0.05, 0.1) is 5.88 Å². The molecule has 1 heterocycles. The van der Waals surface area contributed by atoms with Gasteiger partial charge < -0.3 is 16.0 Å². The minimum atomic E-state index is -0.293. The lowest BCUT2D eigenvalue weighted by atomic mass is 10.0. The van der Waals surface area contributed by atoms with Gasteiger partial charge in [-0.05, 0) is 31.7 Å². The first-order chi connectivity index (χ1) is 9.67. The standard InChI is InChI=1S/C14H25N3O2S.ClH/c1-2-4-13(18)17-9-20-8-12(17)14(19)16-11-6-3-5-10(11)7-15;/h10-12H,2-9,15H2,1H3,(H,16,19);1H. The summed E-state index contributed by atoms with van der Waals surface area (Å²) in [5, 5.41) is 3.12. The van der Waals surface area contributed by atoms with Gasteiger partial charge in [0, 0.05) is 18.2 Å². The first-order valence-electron chi connectivity index (χ1n) is 7.55. The molecular weight excluding hydrogens is 310 g/mol. The van der Waals surface area contributed by atoms with Gasteiger partial charge in [0.2, 0.25) is 11.8 Å². The van der Waals surface area contributed by atoms with E-state index in [4.69, 9.17) is 5.73 Å². The molecule has 3 unspecified atom stereocenters. The van der Waals surface area contributed by atoms with E-state index < -0.39 is 0 Å². The number of hydrogen-bond donors (Lipinski definition) is 2. The van der Waals surface area contributed by atoms with Crippen LogP contribution in [0.3, 0.4) is 0 Å². The van der Waals surface area contributed by atoms with Crippen LogP contribution in [0.5, 0.6) is 0 Å². The SMILES string of the molecule is CCCC(=O)N1CSCC1C(=O)NC1CCCC1CN.Cl. The fourth-order valence-corrected chi connectivity index (χ4v) is 4.23. The lowest BCUT2D eigenvalue weighted by molar-refractivity contribution is -0.138. The molecule has 0 aromatic carbocycles. The summed E-state index contributed by atoms with van der Waals surface area (Å²) in [6.45, 7) is 2.61. The van der Waals surface area contributed by atoms with Crippen LogP contribution < -0.4 is 11.1 Å². The first-order valence-corrected chi connectivity index (χ1v) is 8.70. The molecule has 21 heavy (non-hydrogen) atoms. The molecular formula is C14H26ClN3O2S. The summed E-state index contributed by atoms with van der Waals surface area (Å²) in [6.07, 6.45) is 4.59. The van der Waals surface area contributed by atoms with Gasteiger partial charge in [-0.3, -0.25) is 9.59 Å². The van der Waals surface area contributed by atoms with Gasteiger partial charge in [0.15, 0.2) is 0 Å². The largest absolute Gasteiger partial charge is 0.351 e. The Balaban J connectivity index is 0.00000220. The van der Waals surface area contributed by atoms with Crippen LogP contribution in [0.15, 0.2) is 0 Å². The van der Waals surface area contributed by atoms with Gasteiger partial charge in [-0.2, -0.15) is 0 Å². The third kappa shape index (κ3) is 4.50. The molecule has 0 aromatic rings. The van der Waals surface area contributed by atoms with E-state index in [9.17, 15) is 9.59 Å². The minimum absolute atomic E-state index is 0. The lowest BCUT2D eigenvalue weighted by Gasteiger charge is -2.26. The molecule has 0 radical (unpaired) electrons. The lowest BCUT2D eigenvalue weighted by Crippen LogP contribution is -2.51. The number of carbonyl (C=O) groups is 2. The number of amides is 2. The molecule has 1 aliphatic carbocycles. The van der Waals surface area contributed by atoms with Crippen LogP contribution in [-0.4, -0.2) is 47.0 Å². The Kier molecular flexibility index (Phi) is 7.84. The van der Waals surface area contributed by atoms with Crippen molar-refractivity contribution in [2.24, 2.45) is 11.7 Å². The van der Waals surface area contributed by atoms with Crippen molar-refractivity contribution in [2.45, 2.75) is 51.1 Å². The molecule has 3 atom stereocenters. The highest BCUT2D eigenvalue weighted by Crippen LogP contribution is 2.26. The van der Waals surface area contributed by atoms with Gasteiger partial charge in [-0.25, -0.2) is 0 Å². The number of rotatable bonds is 5. The van der Waals surface area contributed by atoms with Gasteiger partial charge in [0.25, 0.3) is 0 Å². The van der Waals surface area contributed by atoms with Crippen LogP contribution in [0, 0.1) is 5.92 Å². The molecule has 0 aromatic heterocycles. The summed E-state index contributed by atoms with van der Waals surface area (Å²) in [4.78, 5) is 26.2. The zero-order valence-corrected chi connectivity index (χ0v) is 14.2. The van der Waals surface area contributed by atoms with Crippen molar-refractivity contribution in [1.29, 1.82) is 0 Å². The van der Waals surface area contributed by atoms with E-state index in [1.54, 1.807) is 16.7 Å². The molecule has 0 spiro atoms. The molecule has 2 amide bonds. The summed E-state index contributed by atoms with van der Waals surface area (Å²) in [6, 6.07) is -0.0979. The zero-order valence-electron chi connectivity index (χ0n) is 12.5. The fourth-order valence-electron chi connectivity index (χ4n) is 3.05. The van der Waals surface area contributed by atoms with E-state index in [-0.39, 0.29) is 36.3 Å².